The molecule has 0 unspecified atom stereocenters. The number of nitrogens with one attached hydrogen (secondary N) is 2. The average molecular weight is 230 g/mol. The zero-order valence-electron chi connectivity index (χ0n) is 10.8. The van der Waals surface area contributed by atoms with E-state index in [1.807, 2.05) is 6.92 Å². The summed E-state index contributed by atoms with van der Waals surface area (Å²) in [6.07, 6.45) is 0. The first kappa shape index (κ1) is 11.9. The number of aromatic amines is 1. The highest BCUT2D eigenvalue weighted by Crippen LogP contribution is 2.26. The number of benzene rings is 1. The Morgan fingerprint density at radius 1 is 1.29 bits per heavy atom. The lowest BCUT2D eigenvalue weighted by molar-refractivity contribution is 0.0994. The molecule has 0 aliphatic carbocycles. The summed E-state index contributed by atoms with van der Waals surface area (Å²) in [5, 5.41) is 3.96. The standard InChI is InChI=1S/C14H18N2O/c1-8-5-9(2)14-11(6-8)13(10(3)16-14)12(17)7-15-4/h5-6,15-16H,7H2,1-4H3. The fourth-order valence-corrected chi connectivity index (χ4v) is 2.39. The van der Waals surface area contributed by atoms with E-state index in [-0.39, 0.29) is 5.78 Å². The molecule has 0 spiro atoms. The van der Waals surface area contributed by atoms with Gasteiger partial charge in [-0.15, -0.1) is 0 Å². The van der Waals surface area contributed by atoms with Crippen LogP contribution in [0, 0.1) is 20.8 Å². The molecule has 0 saturated heterocycles. The maximum absolute atomic E-state index is 12.1. The fraction of sp³-hybridized carbons (Fsp3) is 0.357. The van der Waals surface area contributed by atoms with Crippen molar-refractivity contribution in [2.75, 3.05) is 13.6 Å². The molecule has 0 atom stereocenters. The van der Waals surface area contributed by atoms with Crippen molar-refractivity contribution in [3.05, 3.63) is 34.5 Å². The largest absolute Gasteiger partial charge is 0.358 e. The second-order valence-electron chi connectivity index (χ2n) is 4.58. The molecular formula is C14H18N2O. The molecule has 1 aromatic heterocycles. The number of carbonyl (C=O) groups is 1. The van der Waals surface area contributed by atoms with E-state index in [1.54, 1.807) is 7.05 Å². The van der Waals surface area contributed by atoms with Gasteiger partial charge in [0.25, 0.3) is 0 Å². The zero-order valence-corrected chi connectivity index (χ0v) is 10.8. The van der Waals surface area contributed by atoms with Crippen LogP contribution in [0.15, 0.2) is 12.1 Å². The molecule has 2 N–H and O–H groups in total. The minimum Gasteiger partial charge on any atom is -0.358 e. The highest BCUT2D eigenvalue weighted by atomic mass is 16.1. The van der Waals surface area contributed by atoms with Crippen molar-refractivity contribution in [3.8, 4) is 0 Å². The summed E-state index contributed by atoms with van der Waals surface area (Å²) in [4.78, 5) is 15.4. The lowest BCUT2D eigenvalue weighted by Gasteiger charge is -2.02. The van der Waals surface area contributed by atoms with Crippen LogP contribution in [0.3, 0.4) is 0 Å². The molecule has 1 aromatic carbocycles. The van der Waals surface area contributed by atoms with Crippen LogP contribution in [-0.2, 0) is 0 Å². The zero-order chi connectivity index (χ0) is 12.6. The number of aromatic nitrogens is 1. The predicted octanol–water partition coefficient (Wildman–Crippen LogP) is 2.50. The van der Waals surface area contributed by atoms with Gasteiger partial charge >= 0.3 is 0 Å². The van der Waals surface area contributed by atoms with Gasteiger partial charge in [-0.3, -0.25) is 4.79 Å². The SMILES string of the molecule is CNCC(=O)c1c(C)[nH]c2c(C)cc(C)cc12. The molecule has 0 aliphatic heterocycles. The summed E-state index contributed by atoms with van der Waals surface area (Å²) in [6.45, 7) is 6.46. The number of carbonyl (C=O) groups excluding carboxylic acids is 1. The lowest BCUT2D eigenvalue weighted by atomic mass is 10.0. The van der Waals surface area contributed by atoms with Crippen molar-refractivity contribution < 1.29 is 4.79 Å². The lowest BCUT2D eigenvalue weighted by Crippen LogP contribution is -2.19. The van der Waals surface area contributed by atoms with E-state index in [4.69, 9.17) is 0 Å². The Bertz CT molecular complexity index is 581. The van der Waals surface area contributed by atoms with E-state index in [1.165, 1.54) is 11.1 Å². The van der Waals surface area contributed by atoms with Crippen LogP contribution in [0.25, 0.3) is 10.9 Å². The molecular weight excluding hydrogens is 212 g/mol. The Hall–Kier alpha value is -1.61. The number of ketones is 1. The van der Waals surface area contributed by atoms with Crippen LogP contribution in [0.2, 0.25) is 0 Å². The average Bonchev–Trinajstić information content (AvgIpc) is 2.55. The number of fused-ring (bicyclic) bond motifs is 1. The van der Waals surface area contributed by atoms with Crippen LogP contribution in [0.4, 0.5) is 0 Å². The van der Waals surface area contributed by atoms with Gasteiger partial charge in [0.05, 0.1) is 6.54 Å². The first-order valence-corrected chi connectivity index (χ1v) is 5.82. The summed E-state index contributed by atoms with van der Waals surface area (Å²) in [7, 11) is 1.79. The van der Waals surface area contributed by atoms with Crippen LogP contribution >= 0.6 is 0 Å². The van der Waals surface area contributed by atoms with Gasteiger partial charge in [0.15, 0.2) is 5.78 Å². The predicted molar refractivity (Wildman–Crippen MR) is 70.8 cm³/mol. The van der Waals surface area contributed by atoms with Crippen molar-refractivity contribution in [2.45, 2.75) is 20.8 Å². The minimum absolute atomic E-state index is 0.140. The van der Waals surface area contributed by atoms with Gasteiger partial charge < -0.3 is 10.3 Å². The molecule has 0 saturated carbocycles. The Labute approximate surface area is 101 Å². The second-order valence-corrected chi connectivity index (χ2v) is 4.58. The number of H-pyrrole nitrogens is 1. The number of rotatable bonds is 3. The van der Waals surface area contributed by atoms with E-state index in [0.717, 1.165) is 22.2 Å². The molecule has 3 nitrogen and oxygen atoms in total. The third kappa shape index (κ3) is 1.98. The number of aryl methyl sites for hydroxylation is 3. The van der Waals surface area contributed by atoms with Crippen molar-refractivity contribution in [1.82, 2.24) is 10.3 Å². The Morgan fingerprint density at radius 3 is 2.65 bits per heavy atom. The molecule has 0 fully saturated rings. The van der Waals surface area contributed by atoms with Gasteiger partial charge in [-0.25, -0.2) is 0 Å². The van der Waals surface area contributed by atoms with E-state index in [2.05, 4.69) is 36.3 Å². The summed E-state index contributed by atoms with van der Waals surface area (Å²) in [6, 6.07) is 4.21. The van der Waals surface area contributed by atoms with Crippen molar-refractivity contribution in [3.63, 3.8) is 0 Å². The Balaban J connectivity index is 2.70. The third-order valence-corrected chi connectivity index (χ3v) is 3.05. The summed E-state index contributed by atoms with van der Waals surface area (Å²) >= 11 is 0. The second kappa shape index (κ2) is 4.34. The molecule has 3 heteroatoms. The maximum Gasteiger partial charge on any atom is 0.179 e. The monoisotopic (exact) mass is 230 g/mol. The number of Topliss-reactive ketones (excluding diaryl/α,β-unsaturated/α-hetero) is 1. The van der Waals surface area contributed by atoms with Gasteiger partial charge in [0.1, 0.15) is 0 Å². The maximum atomic E-state index is 12.1. The van der Waals surface area contributed by atoms with Crippen LogP contribution in [0.5, 0.6) is 0 Å². The van der Waals surface area contributed by atoms with Crippen LogP contribution in [-0.4, -0.2) is 24.4 Å². The molecule has 2 aromatic rings. The van der Waals surface area contributed by atoms with Gasteiger partial charge in [-0.2, -0.15) is 0 Å². The molecule has 0 amide bonds. The first-order chi connectivity index (χ1) is 8.04. The Morgan fingerprint density at radius 2 is 2.00 bits per heavy atom. The van der Waals surface area contributed by atoms with Crippen molar-refractivity contribution >= 4 is 16.7 Å². The molecule has 0 aliphatic rings. The first-order valence-electron chi connectivity index (χ1n) is 5.82. The van der Waals surface area contributed by atoms with E-state index >= 15 is 0 Å². The van der Waals surface area contributed by atoms with Crippen LogP contribution in [0.1, 0.15) is 27.2 Å². The normalized spacial score (nSPS) is 11.1. The number of hydrogen-bond donors (Lipinski definition) is 2. The van der Waals surface area contributed by atoms with E-state index < -0.39 is 0 Å². The molecule has 17 heavy (non-hydrogen) atoms. The number of hydrogen-bond acceptors (Lipinski definition) is 2. The van der Waals surface area contributed by atoms with Crippen LogP contribution < -0.4 is 5.32 Å². The summed E-state index contributed by atoms with van der Waals surface area (Å²) in [5.74, 6) is 0.140. The third-order valence-electron chi connectivity index (χ3n) is 3.05. The van der Waals surface area contributed by atoms with Gasteiger partial charge in [0.2, 0.25) is 0 Å². The van der Waals surface area contributed by atoms with E-state index in [0.29, 0.717) is 6.54 Å². The highest BCUT2D eigenvalue weighted by molar-refractivity contribution is 6.10. The van der Waals surface area contributed by atoms with Crippen molar-refractivity contribution in [1.29, 1.82) is 0 Å². The molecule has 90 valence electrons. The highest BCUT2D eigenvalue weighted by Gasteiger charge is 2.16. The topological polar surface area (TPSA) is 44.9 Å². The summed E-state index contributed by atoms with van der Waals surface area (Å²) < 4.78 is 0. The van der Waals surface area contributed by atoms with Gasteiger partial charge in [-0.05, 0) is 39.4 Å². The Kier molecular flexibility index (Phi) is 3.03. The fourth-order valence-electron chi connectivity index (χ4n) is 2.39. The quantitative estimate of drug-likeness (QED) is 0.796. The van der Waals surface area contributed by atoms with E-state index in [9.17, 15) is 4.79 Å². The van der Waals surface area contributed by atoms with Gasteiger partial charge in [0, 0.05) is 22.2 Å². The summed E-state index contributed by atoms with van der Waals surface area (Å²) in [5.41, 5.74) is 5.22. The number of likely N-dealkylation sites (N-methyl/N-ethyl adjacent to an activating group) is 1. The molecule has 0 bridgehead atoms. The smallest absolute Gasteiger partial charge is 0.179 e. The molecule has 1 heterocycles. The molecule has 0 radical (unpaired) electrons. The minimum atomic E-state index is 0.140. The molecule has 2 rings (SSSR count). The van der Waals surface area contributed by atoms with Gasteiger partial charge in [-0.1, -0.05) is 11.6 Å². The van der Waals surface area contributed by atoms with Crippen molar-refractivity contribution in [2.24, 2.45) is 0 Å².